The Morgan fingerprint density at radius 1 is 1.26 bits per heavy atom. The van der Waals surface area contributed by atoms with Crippen LogP contribution in [0.5, 0.6) is 0 Å². The Bertz CT molecular complexity index is 1070. The van der Waals surface area contributed by atoms with Gasteiger partial charge in [0.1, 0.15) is 5.76 Å². The van der Waals surface area contributed by atoms with E-state index >= 15 is 0 Å². The molecule has 0 bridgehead atoms. The number of ketones is 1. The molecular formula is C19H16ClN5O2. The van der Waals surface area contributed by atoms with E-state index in [2.05, 4.69) is 15.2 Å². The summed E-state index contributed by atoms with van der Waals surface area (Å²) in [6, 6.07) is 14.9. The van der Waals surface area contributed by atoms with Crippen LogP contribution in [0.1, 0.15) is 16.8 Å². The first-order valence-corrected chi connectivity index (χ1v) is 8.36. The fourth-order valence-electron chi connectivity index (χ4n) is 2.85. The average molecular weight is 382 g/mol. The van der Waals surface area contributed by atoms with E-state index in [1.165, 1.54) is 0 Å². The molecule has 0 radical (unpaired) electrons. The Labute approximate surface area is 159 Å². The van der Waals surface area contributed by atoms with Gasteiger partial charge in [0, 0.05) is 39.7 Å². The van der Waals surface area contributed by atoms with Crippen molar-refractivity contribution < 1.29 is 9.90 Å². The fourth-order valence-corrected chi connectivity index (χ4v) is 3.03. The van der Waals surface area contributed by atoms with Crippen LogP contribution in [-0.4, -0.2) is 21.7 Å². The molecule has 0 saturated carbocycles. The van der Waals surface area contributed by atoms with Crippen LogP contribution in [0.2, 0.25) is 5.02 Å². The Kier molecular flexibility index (Phi) is 5.33. The largest absolute Gasteiger partial charge is 0.507 e. The number of fused-ring (bicyclic) bond motifs is 1. The lowest BCUT2D eigenvalue weighted by Gasteiger charge is -2.05. The van der Waals surface area contributed by atoms with Crippen LogP contribution in [0.25, 0.3) is 16.7 Å². The van der Waals surface area contributed by atoms with Gasteiger partial charge < -0.3 is 15.9 Å². The molecular weight excluding hydrogens is 366 g/mol. The van der Waals surface area contributed by atoms with Crippen molar-refractivity contribution in [3.05, 3.63) is 76.5 Å². The second kappa shape index (κ2) is 7.84. The van der Waals surface area contributed by atoms with Crippen molar-refractivity contribution >= 4 is 39.9 Å². The van der Waals surface area contributed by atoms with E-state index in [0.717, 1.165) is 17.2 Å². The van der Waals surface area contributed by atoms with Crippen molar-refractivity contribution in [2.75, 3.05) is 0 Å². The van der Waals surface area contributed by atoms with Gasteiger partial charge in [0.05, 0.1) is 0 Å². The van der Waals surface area contributed by atoms with Crippen molar-refractivity contribution in [2.45, 2.75) is 6.42 Å². The number of halogens is 1. The number of benzene rings is 2. The fraction of sp³-hybridized carbons (Fsp3) is 0.0526. The van der Waals surface area contributed by atoms with Gasteiger partial charge in [0.15, 0.2) is 0 Å². The van der Waals surface area contributed by atoms with E-state index in [4.69, 9.17) is 23.0 Å². The number of nitrogens with zero attached hydrogens (tertiary/aromatic N) is 2. The standard InChI is InChI=1S/C19H16ClN5O2/c20-12-6-7-14-13(9-12)18(16(26)10-17(27)19(24-21)25-22)15(23-14)8-11-4-2-1-3-5-11/h1-7,9-10,21,23,26H,8,22H2/b16-10-,24-21?,25-19-. The van der Waals surface area contributed by atoms with Gasteiger partial charge in [-0.05, 0) is 23.8 Å². The smallest absolute Gasteiger partial charge is 0.239 e. The SMILES string of the molecule is N=N/C(=N\N)C(=O)/C=C(\O)c1c(Cc2ccccc2)[nH]c2ccc(Cl)cc12. The number of nitrogens with one attached hydrogen (secondary N) is 2. The summed E-state index contributed by atoms with van der Waals surface area (Å²) < 4.78 is 0. The number of H-pyrrole nitrogens is 1. The molecule has 0 aliphatic rings. The Hall–Kier alpha value is -3.45. The van der Waals surface area contributed by atoms with E-state index in [9.17, 15) is 9.90 Å². The number of hydrogen-bond acceptors (Lipinski definition) is 5. The van der Waals surface area contributed by atoms with Gasteiger partial charge in [-0.3, -0.25) is 4.79 Å². The molecule has 0 atom stereocenters. The third-order valence-corrected chi connectivity index (χ3v) is 4.27. The molecule has 0 amide bonds. The lowest BCUT2D eigenvalue weighted by molar-refractivity contribution is -0.109. The maximum Gasteiger partial charge on any atom is 0.239 e. The minimum Gasteiger partial charge on any atom is -0.507 e. The quantitative estimate of drug-likeness (QED) is 0.101. The van der Waals surface area contributed by atoms with Gasteiger partial charge in [-0.25, -0.2) is 5.53 Å². The third kappa shape index (κ3) is 3.88. The minimum absolute atomic E-state index is 0.288. The Balaban J connectivity index is 2.13. The van der Waals surface area contributed by atoms with Crippen molar-refractivity contribution in [3.63, 3.8) is 0 Å². The number of aliphatic hydroxyl groups is 1. The second-order valence-electron chi connectivity index (χ2n) is 5.79. The monoisotopic (exact) mass is 381 g/mol. The maximum absolute atomic E-state index is 12.1. The maximum atomic E-state index is 12.1. The molecule has 3 rings (SSSR count). The summed E-state index contributed by atoms with van der Waals surface area (Å²) in [5.74, 6) is 3.47. The van der Waals surface area contributed by atoms with Gasteiger partial charge >= 0.3 is 0 Å². The first kappa shape index (κ1) is 18.3. The molecule has 8 heteroatoms. The van der Waals surface area contributed by atoms with Gasteiger partial charge in [-0.15, -0.1) is 5.11 Å². The van der Waals surface area contributed by atoms with Crippen LogP contribution in [0.4, 0.5) is 0 Å². The molecule has 2 aromatic carbocycles. The van der Waals surface area contributed by atoms with Gasteiger partial charge in [-0.1, -0.05) is 41.9 Å². The summed E-state index contributed by atoms with van der Waals surface area (Å²) in [7, 11) is 0. The molecule has 136 valence electrons. The molecule has 0 fully saturated rings. The predicted molar refractivity (Wildman–Crippen MR) is 105 cm³/mol. The van der Waals surface area contributed by atoms with Crippen molar-refractivity contribution in [3.8, 4) is 0 Å². The molecule has 0 saturated heterocycles. The zero-order valence-corrected chi connectivity index (χ0v) is 14.9. The molecule has 3 aromatic rings. The molecule has 7 nitrogen and oxygen atoms in total. The zero-order chi connectivity index (χ0) is 19.4. The number of rotatable bonds is 5. The normalized spacial score (nSPS) is 12.3. The van der Waals surface area contributed by atoms with Crippen LogP contribution in [0.3, 0.4) is 0 Å². The summed E-state index contributed by atoms with van der Waals surface area (Å²) in [5.41, 5.74) is 9.88. The molecule has 1 heterocycles. The molecule has 0 aliphatic heterocycles. The predicted octanol–water partition coefficient (Wildman–Crippen LogP) is 4.18. The molecule has 0 aliphatic carbocycles. The summed E-state index contributed by atoms with van der Waals surface area (Å²) in [6.45, 7) is 0. The van der Waals surface area contributed by atoms with E-state index in [-0.39, 0.29) is 5.76 Å². The highest BCUT2D eigenvalue weighted by molar-refractivity contribution is 6.44. The topological polar surface area (TPSA) is 128 Å². The van der Waals surface area contributed by atoms with Crippen molar-refractivity contribution in [2.24, 2.45) is 16.1 Å². The lowest BCUT2D eigenvalue weighted by Crippen LogP contribution is -2.11. The van der Waals surface area contributed by atoms with E-state index < -0.39 is 11.6 Å². The van der Waals surface area contributed by atoms with E-state index in [0.29, 0.717) is 28.1 Å². The number of carbonyl (C=O) groups is 1. The molecule has 0 spiro atoms. The van der Waals surface area contributed by atoms with Gasteiger partial charge in [0.2, 0.25) is 11.6 Å². The summed E-state index contributed by atoms with van der Waals surface area (Å²) in [4.78, 5) is 15.4. The first-order valence-electron chi connectivity index (χ1n) is 7.98. The number of aliphatic hydroxyl groups excluding tert-OH is 1. The summed E-state index contributed by atoms with van der Waals surface area (Å²) in [5, 5.41) is 17.9. The Morgan fingerprint density at radius 2 is 2.00 bits per heavy atom. The lowest BCUT2D eigenvalue weighted by atomic mass is 10.0. The number of hydrazone groups is 1. The molecule has 0 unspecified atom stereocenters. The molecule has 1 aromatic heterocycles. The third-order valence-electron chi connectivity index (χ3n) is 4.03. The van der Waals surface area contributed by atoms with E-state index in [1.54, 1.807) is 18.2 Å². The Morgan fingerprint density at radius 3 is 2.67 bits per heavy atom. The number of carbonyl (C=O) groups excluding carboxylic acids is 1. The van der Waals surface area contributed by atoms with E-state index in [1.807, 2.05) is 30.3 Å². The second-order valence-corrected chi connectivity index (χ2v) is 6.23. The van der Waals surface area contributed by atoms with Crippen LogP contribution < -0.4 is 5.84 Å². The number of aromatic nitrogens is 1. The number of hydrogen-bond donors (Lipinski definition) is 4. The van der Waals surface area contributed by atoms with Crippen LogP contribution in [0, 0.1) is 5.53 Å². The van der Waals surface area contributed by atoms with Crippen LogP contribution in [-0.2, 0) is 11.2 Å². The van der Waals surface area contributed by atoms with Crippen molar-refractivity contribution in [1.82, 2.24) is 4.98 Å². The first-order chi connectivity index (χ1) is 13.0. The number of aromatic amines is 1. The number of nitrogens with two attached hydrogens (primary N) is 1. The highest BCUT2D eigenvalue weighted by atomic mass is 35.5. The molecule has 27 heavy (non-hydrogen) atoms. The van der Waals surface area contributed by atoms with Crippen LogP contribution in [0.15, 0.2) is 64.8 Å². The zero-order valence-electron chi connectivity index (χ0n) is 14.1. The molecule has 5 N–H and O–H groups in total. The highest BCUT2D eigenvalue weighted by Crippen LogP contribution is 2.31. The van der Waals surface area contributed by atoms with Gasteiger partial charge in [0.25, 0.3) is 0 Å². The number of amidine groups is 1. The van der Waals surface area contributed by atoms with Gasteiger partial charge in [-0.2, -0.15) is 5.10 Å². The summed E-state index contributed by atoms with van der Waals surface area (Å²) >= 11 is 6.11. The van der Waals surface area contributed by atoms with Crippen molar-refractivity contribution in [1.29, 1.82) is 5.53 Å². The average Bonchev–Trinajstić information content (AvgIpc) is 3.00. The van der Waals surface area contributed by atoms with Crippen LogP contribution >= 0.6 is 11.6 Å². The minimum atomic E-state index is -0.771. The highest BCUT2D eigenvalue weighted by Gasteiger charge is 2.18. The summed E-state index contributed by atoms with van der Waals surface area (Å²) in [6.07, 6.45) is 1.46.